The summed E-state index contributed by atoms with van der Waals surface area (Å²) >= 11 is 0. The van der Waals surface area contributed by atoms with Crippen molar-refractivity contribution in [1.29, 1.82) is 0 Å². The number of aliphatic hydroxyl groups excluding tert-OH is 1. The van der Waals surface area contributed by atoms with Gasteiger partial charge in [0.25, 0.3) is 0 Å². The fourth-order valence-corrected chi connectivity index (χ4v) is 2.37. The summed E-state index contributed by atoms with van der Waals surface area (Å²) in [4.78, 5) is 4.28. The van der Waals surface area contributed by atoms with Crippen molar-refractivity contribution in [2.75, 3.05) is 0 Å². The van der Waals surface area contributed by atoms with Crippen molar-refractivity contribution in [3.63, 3.8) is 0 Å². The predicted octanol–water partition coefficient (Wildman–Crippen LogP) is 3.65. The summed E-state index contributed by atoms with van der Waals surface area (Å²) in [6.07, 6.45) is 1.56. The van der Waals surface area contributed by atoms with Gasteiger partial charge in [0.05, 0.1) is 11.6 Å². The van der Waals surface area contributed by atoms with Gasteiger partial charge in [-0.2, -0.15) is 0 Å². The zero-order valence-corrected chi connectivity index (χ0v) is 10.8. The number of hydrogen-bond donors (Lipinski definition) is 1. The average molecular weight is 267 g/mol. The van der Waals surface area contributed by atoms with Crippen LogP contribution >= 0.6 is 0 Å². The predicted molar refractivity (Wildman–Crippen MR) is 76.8 cm³/mol. The van der Waals surface area contributed by atoms with Gasteiger partial charge >= 0.3 is 0 Å². The molecular weight excluding hydrogens is 253 g/mol. The average Bonchev–Trinajstić information content (AvgIpc) is 2.49. The topological polar surface area (TPSA) is 33.1 Å². The first-order valence-corrected chi connectivity index (χ1v) is 6.50. The summed E-state index contributed by atoms with van der Waals surface area (Å²) in [5.41, 5.74) is 2.61. The number of fused-ring (bicyclic) bond motifs is 1. The van der Waals surface area contributed by atoms with Crippen LogP contribution in [0.5, 0.6) is 0 Å². The highest BCUT2D eigenvalue weighted by Crippen LogP contribution is 2.25. The molecule has 0 aliphatic heterocycles. The third-order valence-corrected chi connectivity index (χ3v) is 3.38. The Hall–Kier alpha value is -2.26. The van der Waals surface area contributed by atoms with Crippen LogP contribution in [0.15, 0.2) is 60.8 Å². The van der Waals surface area contributed by atoms with E-state index < -0.39 is 6.10 Å². The van der Waals surface area contributed by atoms with Crippen molar-refractivity contribution in [3.05, 3.63) is 77.7 Å². The summed E-state index contributed by atoms with van der Waals surface area (Å²) in [7, 11) is 0. The third-order valence-electron chi connectivity index (χ3n) is 3.38. The maximum absolute atomic E-state index is 12.9. The summed E-state index contributed by atoms with van der Waals surface area (Å²) in [6, 6.07) is 15.7. The van der Waals surface area contributed by atoms with Crippen molar-refractivity contribution in [2.45, 2.75) is 12.5 Å². The van der Waals surface area contributed by atoms with Crippen LogP contribution in [0.25, 0.3) is 10.9 Å². The lowest BCUT2D eigenvalue weighted by Crippen LogP contribution is -2.03. The molecule has 1 heterocycles. The molecule has 1 atom stereocenters. The molecule has 0 aliphatic rings. The quantitative estimate of drug-likeness (QED) is 0.785. The SMILES string of the molecule is OC(Cc1ccc(F)cc1)c1cccc2ncccc12. The van der Waals surface area contributed by atoms with Crippen molar-refractivity contribution in [3.8, 4) is 0 Å². The van der Waals surface area contributed by atoms with Crippen LogP contribution in [-0.2, 0) is 6.42 Å². The van der Waals surface area contributed by atoms with Crippen LogP contribution in [0.1, 0.15) is 17.2 Å². The molecule has 0 fully saturated rings. The van der Waals surface area contributed by atoms with Crippen LogP contribution in [0.2, 0.25) is 0 Å². The number of halogens is 1. The standard InChI is InChI=1S/C17H14FNO/c18-13-8-6-12(7-9-13)11-17(20)15-3-1-5-16-14(15)4-2-10-19-16/h1-10,17,20H,11H2. The minimum absolute atomic E-state index is 0.266. The highest BCUT2D eigenvalue weighted by atomic mass is 19.1. The smallest absolute Gasteiger partial charge is 0.123 e. The fourth-order valence-electron chi connectivity index (χ4n) is 2.37. The lowest BCUT2D eigenvalue weighted by Gasteiger charge is -2.13. The van der Waals surface area contributed by atoms with Crippen LogP contribution in [0.3, 0.4) is 0 Å². The van der Waals surface area contributed by atoms with Gasteiger partial charge in [0.1, 0.15) is 5.82 Å². The molecule has 0 bridgehead atoms. The first-order chi connectivity index (χ1) is 9.74. The summed E-state index contributed by atoms with van der Waals surface area (Å²) < 4.78 is 12.9. The van der Waals surface area contributed by atoms with Crippen LogP contribution in [0, 0.1) is 5.82 Å². The van der Waals surface area contributed by atoms with E-state index in [-0.39, 0.29) is 5.82 Å². The zero-order chi connectivity index (χ0) is 13.9. The molecule has 2 nitrogen and oxygen atoms in total. The molecule has 0 saturated carbocycles. The molecule has 1 unspecified atom stereocenters. The van der Waals surface area contributed by atoms with Crippen molar-refractivity contribution >= 4 is 10.9 Å². The van der Waals surface area contributed by atoms with E-state index in [9.17, 15) is 9.50 Å². The maximum atomic E-state index is 12.9. The molecule has 0 saturated heterocycles. The van der Waals surface area contributed by atoms with Gasteiger partial charge in [0, 0.05) is 18.0 Å². The first kappa shape index (κ1) is 12.8. The van der Waals surface area contributed by atoms with E-state index in [1.165, 1.54) is 12.1 Å². The van der Waals surface area contributed by atoms with E-state index in [1.807, 2.05) is 30.3 Å². The third kappa shape index (κ3) is 2.53. The van der Waals surface area contributed by atoms with E-state index in [4.69, 9.17) is 0 Å². The van der Waals surface area contributed by atoms with Gasteiger partial charge in [-0.1, -0.05) is 30.3 Å². The second kappa shape index (κ2) is 5.39. The molecular formula is C17H14FNO. The van der Waals surface area contributed by atoms with Gasteiger partial charge in [0.2, 0.25) is 0 Å². The van der Waals surface area contributed by atoms with Crippen molar-refractivity contribution < 1.29 is 9.50 Å². The van der Waals surface area contributed by atoms with Gasteiger partial charge in [-0.05, 0) is 35.4 Å². The number of aromatic nitrogens is 1. The molecule has 0 spiro atoms. The van der Waals surface area contributed by atoms with Crippen LogP contribution < -0.4 is 0 Å². The van der Waals surface area contributed by atoms with Crippen molar-refractivity contribution in [2.24, 2.45) is 0 Å². The van der Waals surface area contributed by atoms with Crippen LogP contribution in [-0.4, -0.2) is 10.1 Å². The molecule has 2 aromatic carbocycles. The molecule has 3 rings (SSSR count). The second-order valence-electron chi connectivity index (χ2n) is 4.76. The first-order valence-electron chi connectivity index (χ1n) is 6.50. The number of rotatable bonds is 3. The monoisotopic (exact) mass is 267 g/mol. The highest BCUT2D eigenvalue weighted by Gasteiger charge is 2.12. The summed E-state index contributed by atoms with van der Waals surface area (Å²) in [5, 5.41) is 11.4. The van der Waals surface area contributed by atoms with E-state index in [0.29, 0.717) is 6.42 Å². The Kier molecular flexibility index (Phi) is 3.44. The normalized spacial score (nSPS) is 12.5. The Labute approximate surface area is 116 Å². The fraction of sp³-hybridized carbons (Fsp3) is 0.118. The van der Waals surface area contributed by atoms with E-state index in [0.717, 1.165) is 22.0 Å². The minimum atomic E-state index is -0.631. The van der Waals surface area contributed by atoms with E-state index >= 15 is 0 Å². The lowest BCUT2D eigenvalue weighted by molar-refractivity contribution is 0.180. The molecule has 3 heteroatoms. The van der Waals surface area contributed by atoms with Gasteiger partial charge < -0.3 is 5.11 Å². The minimum Gasteiger partial charge on any atom is -0.388 e. The Balaban J connectivity index is 1.92. The number of pyridine rings is 1. The summed E-state index contributed by atoms with van der Waals surface area (Å²) in [5.74, 6) is -0.266. The Morgan fingerprint density at radius 1 is 1.00 bits per heavy atom. The number of benzene rings is 2. The number of nitrogens with zero attached hydrogens (tertiary/aromatic N) is 1. The van der Waals surface area contributed by atoms with Crippen molar-refractivity contribution in [1.82, 2.24) is 4.98 Å². The van der Waals surface area contributed by atoms with E-state index in [2.05, 4.69) is 4.98 Å². The van der Waals surface area contributed by atoms with Gasteiger partial charge in [-0.15, -0.1) is 0 Å². The molecule has 1 N–H and O–H groups in total. The number of aliphatic hydroxyl groups is 1. The largest absolute Gasteiger partial charge is 0.388 e. The Bertz CT molecular complexity index is 719. The highest BCUT2D eigenvalue weighted by molar-refractivity contribution is 5.82. The Morgan fingerprint density at radius 3 is 2.60 bits per heavy atom. The molecule has 20 heavy (non-hydrogen) atoms. The van der Waals surface area contributed by atoms with Gasteiger partial charge in [0.15, 0.2) is 0 Å². The molecule has 0 amide bonds. The molecule has 100 valence electrons. The van der Waals surface area contributed by atoms with Gasteiger partial charge in [-0.25, -0.2) is 4.39 Å². The number of hydrogen-bond acceptors (Lipinski definition) is 2. The summed E-state index contributed by atoms with van der Waals surface area (Å²) in [6.45, 7) is 0. The molecule has 1 aromatic heterocycles. The molecule has 0 aliphatic carbocycles. The second-order valence-corrected chi connectivity index (χ2v) is 4.76. The van der Waals surface area contributed by atoms with Gasteiger partial charge in [-0.3, -0.25) is 4.98 Å². The molecule has 3 aromatic rings. The van der Waals surface area contributed by atoms with Crippen LogP contribution in [0.4, 0.5) is 4.39 Å². The molecule has 0 radical (unpaired) electrons. The van der Waals surface area contributed by atoms with E-state index in [1.54, 1.807) is 18.3 Å². The lowest BCUT2D eigenvalue weighted by atomic mass is 9.98. The maximum Gasteiger partial charge on any atom is 0.123 e. The Morgan fingerprint density at radius 2 is 1.80 bits per heavy atom. The zero-order valence-electron chi connectivity index (χ0n) is 10.8.